The van der Waals surface area contributed by atoms with Crippen molar-refractivity contribution in [2.24, 2.45) is 5.41 Å². The number of ether oxygens (including phenoxy) is 4. The van der Waals surface area contributed by atoms with Crippen LogP contribution in [0.1, 0.15) is 43.7 Å². The van der Waals surface area contributed by atoms with E-state index in [4.69, 9.17) is 18.9 Å². The van der Waals surface area contributed by atoms with Crippen molar-refractivity contribution >= 4 is 11.5 Å². The minimum absolute atomic E-state index is 0.0732. The zero-order valence-electron chi connectivity index (χ0n) is 16.3. The molecule has 29 heavy (non-hydrogen) atoms. The summed E-state index contributed by atoms with van der Waals surface area (Å²) in [5.41, 5.74) is 4.75. The van der Waals surface area contributed by atoms with E-state index in [0.717, 1.165) is 46.0 Å². The van der Waals surface area contributed by atoms with E-state index in [-0.39, 0.29) is 30.7 Å². The van der Waals surface area contributed by atoms with Gasteiger partial charge in [0.2, 0.25) is 13.6 Å². The number of rotatable bonds is 1. The van der Waals surface area contributed by atoms with Gasteiger partial charge < -0.3 is 24.3 Å². The molecule has 0 fully saturated rings. The van der Waals surface area contributed by atoms with Crippen LogP contribution in [0, 0.1) is 5.41 Å². The number of hydrogen-bond donors (Lipinski definition) is 1. The van der Waals surface area contributed by atoms with E-state index in [9.17, 15) is 4.79 Å². The summed E-state index contributed by atoms with van der Waals surface area (Å²) in [5, 5.41) is 3.53. The molecule has 0 amide bonds. The molecule has 148 valence electrons. The highest BCUT2D eigenvalue weighted by Gasteiger charge is 2.41. The molecule has 6 heteroatoms. The Hall–Kier alpha value is -3.15. The number of Topliss-reactive ketones (excluding diaryl/α,β-unsaturated/α-hetero) is 1. The maximum absolute atomic E-state index is 13.3. The van der Waals surface area contributed by atoms with Gasteiger partial charge in [-0.15, -0.1) is 0 Å². The second-order valence-electron chi connectivity index (χ2n) is 8.80. The summed E-state index contributed by atoms with van der Waals surface area (Å²) in [6.07, 6.45) is 1.36. The molecule has 2 aromatic carbocycles. The average molecular weight is 391 g/mol. The zero-order chi connectivity index (χ0) is 19.8. The molecular formula is C23H21NO5. The van der Waals surface area contributed by atoms with Gasteiger partial charge in [0.15, 0.2) is 28.8 Å². The lowest BCUT2D eigenvalue weighted by atomic mass is 9.68. The van der Waals surface area contributed by atoms with Crippen LogP contribution in [-0.2, 0) is 4.79 Å². The van der Waals surface area contributed by atoms with Crippen molar-refractivity contribution < 1.29 is 23.7 Å². The van der Waals surface area contributed by atoms with E-state index < -0.39 is 0 Å². The number of fused-ring (bicyclic) bond motifs is 3. The second kappa shape index (κ2) is 5.69. The maximum atomic E-state index is 13.3. The predicted molar refractivity (Wildman–Crippen MR) is 106 cm³/mol. The summed E-state index contributed by atoms with van der Waals surface area (Å²) < 4.78 is 22.3. The fourth-order valence-corrected chi connectivity index (χ4v) is 4.84. The number of anilines is 1. The monoisotopic (exact) mass is 391 g/mol. The predicted octanol–water partition coefficient (Wildman–Crippen LogP) is 4.34. The summed E-state index contributed by atoms with van der Waals surface area (Å²) in [6.45, 7) is 4.72. The van der Waals surface area contributed by atoms with Gasteiger partial charge in [0.05, 0.1) is 0 Å². The number of hydrogen-bond acceptors (Lipinski definition) is 6. The van der Waals surface area contributed by atoms with Crippen molar-refractivity contribution in [1.29, 1.82) is 0 Å². The molecule has 0 radical (unpaired) electrons. The van der Waals surface area contributed by atoms with Crippen LogP contribution in [0.3, 0.4) is 0 Å². The van der Waals surface area contributed by atoms with Crippen LogP contribution in [-0.4, -0.2) is 19.4 Å². The molecule has 1 atom stereocenters. The highest BCUT2D eigenvalue weighted by Crippen LogP contribution is 2.52. The van der Waals surface area contributed by atoms with Gasteiger partial charge in [0.1, 0.15) is 0 Å². The van der Waals surface area contributed by atoms with Crippen molar-refractivity contribution in [2.75, 3.05) is 18.9 Å². The third kappa shape index (κ3) is 2.51. The lowest BCUT2D eigenvalue weighted by Crippen LogP contribution is -2.33. The Kier molecular flexibility index (Phi) is 3.29. The molecule has 0 spiro atoms. The molecule has 0 unspecified atom stereocenters. The Morgan fingerprint density at radius 2 is 1.59 bits per heavy atom. The van der Waals surface area contributed by atoms with Crippen LogP contribution >= 0.6 is 0 Å². The Morgan fingerprint density at radius 3 is 2.38 bits per heavy atom. The summed E-state index contributed by atoms with van der Waals surface area (Å²) in [7, 11) is 0. The summed E-state index contributed by atoms with van der Waals surface area (Å²) >= 11 is 0. The minimum Gasteiger partial charge on any atom is -0.454 e. The highest BCUT2D eigenvalue weighted by molar-refractivity contribution is 6.01. The van der Waals surface area contributed by atoms with E-state index in [1.54, 1.807) is 0 Å². The van der Waals surface area contributed by atoms with Crippen molar-refractivity contribution in [3.63, 3.8) is 0 Å². The smallest absolute Gasteiger partial charge is 0.231 e. The topological polar surface area (TPSA) is 66.0 Å². The normalized spacial score (nSPS) is 22.8. The third-order valence-corrected chi connectivity index (χ3v) is 6.08. The third-order valence-electron chi connectivity index (χ3n) is 6.08. The molecule has 6 nitrogen and oxygen atoms in total. The van der Waals surface area contributed by atoms with Gasteiger partial charge >= 0.3 is 0 Å². The summed E-state index contributed by atoms with van der Waals surface area (Å²) in [6, 6.07) is 9.91. The van der Waals surface area contributed by atoms with Crippen LogP contribution in [0.15, 0.2) is 41.6 Å². The van der Waals surface area contributed by atoms with Gasteiger partial charge in [-0.1, -0.05) is 19.9 Å². The van der Waals surface area contributed by atoms with Crippen molar-refractivity contribution in [3.05, 3.63) is 52.7 Å². The summed E-state index contributed by atoms with van der Waals surface area (Å²) in [4.78, 5) is 13.3. The SMILES string of the molecule is CC1(C)CC(=O)C2=C(C1)Nc1cc3c(cc1[C@H]2c1ccc2c(c1)OCO2)OCO3. The molecule has 1 aliphatic carbocycles. The number of carbonyl (C=O) groups is 1. The van der Waals surface area contributed by atoms with Crippen LogP contribution in [0.25, 0.3) is 0 Å². The number of nitrogens with one attached hydrogen (secondary N) is 1. The van der Waals surface area contributed by atoms with Crippen LogP contribution in [0.2, 0.25) is 0 Å². The van der Waals surface area contributed by atoms with E-state index in [0.29, 0.717) is 17.9 Å². The molecule has 0 aromatic heterocycles. The average Bonchev–Trinajstić information content (AvgIpc) is 3.31. The first kappa shape index (κ1) is 16.8. The second-order valence-corrected chi connectivity index (χ2v) is 8.80. The first-order chi connectivity index (χ1) is 14.0. The number of carbonyl (C=O) groups excluding carboxylic acids is 1. The lowest BCUT2D eigenvalue weighted by molar-refractivity contribution is -0.118. The number of allylic oxidation sites excluding steroid dienone is 2. The van der Waals surface area contributed by atoms with Crippen molar-refractivity contribution in [3.8, 4) is 23.0 Å². The molecule has 0 bridgehead atoms. The van der Waals surface area contributed by atoms with Gasteiger partial charge in [-0.2, -0.15) is 0 Å². The maximum Gasteiger partial charge on any atom is 0.231 e. The van der Waals surface area contributed by atoms with Crippen LogP contribution in [0.5, 0.6) is 23.0 Å². The fourth-order valence-electron chi connectivity index (χ4n) is 4.84. The zero-order valence-corrected chi connectivity index (χ0v) is 16.3. The van der Waals surface area contributed by atoms with Gasteiger partial charge in [-0.25, -0.2) is 0 Å². The van der Waals surface area contributed by atoms with Crippen LogP contribution in [0.4, 0.5) is 5.69 Å². The van der Waals surface area contributed by atoms with Crippen molar-refractivity contribution in [1.82, 2.24) is 0 Å². The van der Waals surface area contributed by atoms with Gasteiger partial charge in [-0.05, 0) is 41.2 Å². The van der Waals surface area contributed by atoms with Gasteiger partial charge in [0.25, 0.3) is 0 Å². The molecule has 3 aliphatic heterocycles. The standard InChI is InChI=1S/C23H21NO5/c1-23(2)8-15-22(16(25)9-23)21(12-3-4-17-18(5-12)27-10-26-17)13-6-19-20(29-11-28-19)7-14(13)24-15/h3-7,21,24H,8-11H2,1-2H3/t21-/m1/s1. The molecule has 4 aliphatic rings. The van der Waals surface area contributed by atoms with Gasteiger partial charge in [0, 0.05) is 35.4 Å². The van der Waals surface area contributed by atoms with E-state index in [1.165, 1.54) is 0 Å². The molecule has 0 saturated carbocycles. The quantitative estimate of drug-likeness (QED) is 0.780. The van der Waals surface area contributed by atoms with E-state index in [1.807, 2.05) is 30.3 Å². The molecule has 6 rings (SSSR count). The van der Waals surface area contributed by atoms with E-state index in [2.05, 4.69) is 19.2 Å². The molecular weight excluding hydrogens is 370 g/mol. The minimum atomic E-state index is -0.186. The Balaban J connectivity index is 1.56. The summed E-state index contributed by atoms with van der Waals surface area (Å²) in [5.74, 6) is 2.90. The fraction of sp³-hybridized carbons (Fsp3) is 0.348. The first-order valence-corrected chi connectivity index (χ1v) is 9.85. The van der Waals surface area contributed by atoms with Gasteiger partial charge in [-0.3, -0.25) is 4.79 Å². The molecule has 0 saturated heterocycles. The Bertz CT molecular complexity index is 1100. The number of ketones is 1. The molecule has 2 aromatic rings. The van der Waals surface area contributed by atoms with Crippen molar-refractivity contribution in [2.45, 2.75) is 32.6 Å². The van der Waals surface area contributed by atoms with Crippen LogP contribution < -0.4 is 24.3 Å². The first-order valence-electron chi connectivity index (χ1n) is 9.85. The number of benzene rings is 2. The highest BCUT2D eigenvalue weighted by atomic mass is 16.7. The molecule has 1 N–H and O–H groups in total. The Morgan fingerprint density at radius 1 is 0.897 bits per heavy atom. The lowest BCUT2D eigenvalue weighted by Gasteiger charge is -2.39. The molecule has 3 heterocycles. The van der Waals surface area contributed by atoms with E-state index >= 15 is 0 Å². The largest absolute Gasteiger partial charge is 0.454 e. The Labute approximate surface area is 168 Å².